The van der Waals surface area contributed by atoms with Crippen molar-refractivity contribution in [1.29, 1.82) is 0 Å². The molecule has 2 fully saturated rings. The van der Waals surface area contributed by atoms with Gasteiger partial charge in [-0.2, -0.15) is 0 Å². The van der Waals surface area contributed by atoms with Crippen molar-refractivity contribution >= 4 is 11.6 Å². The number of ether oxygens (including phenoxy) is 2. The topological polar surface area (TPSA) is 18.5 Å². The molecule has 2 nitrogen and oxygen atoms in total. The fraction of sp³-hybridized carbons (Fsp3) is 0.615. The summed E-state index contributed by atoms with van der Waals surface area (Å²) in [5, 5.41) is 0. The van der Waals surface area contributed by atoms with E-state index >= 15 is 0 Å². The van der Waals surface area contributed by atoms with Gasteiger partial charge in [-0.15, -0.1) is 0 Å². The second kappa shape index (κ2) is 12.6. The van der Waals surface area contributed by atoms with Crippen LogP contribution in [0.4, 0.5) is 8.78 Å². The Balaban J connectivity index is 1.50. The summed E-state index contributed by atoms with van der Waals surface area (Å²) < 4.78 is 40.6. The predicted molar refractivity (Wildman–Crippen MR) is 121 cm³/mol. The SMILES string of the molecule is CCCCC1COC(CCc2cc(F)c(C#CC3CCC(/C=C/Cl)CC3)c(F)c2)OC1. The molecule has 1 saturated carbocycles. The molecule has 0 amide bonds. The molecule has 3 rings (SSSR count). The minimum Gasteiger partial charge on any atom is -0.352 e. The zero-order chi connectivity index (χ0) is 22.1. The summed E-state index contributed by atoms with van der Waals surface area (Å²) in [6.45, 7) is 3.58. The lowest BCUT2D eigenvalue weighted by Crippen LogP contribution is -2.32. The molecule has 0 N–H and O–H groups in total. The highest BCUT2D eigenvalue weighted by molar-refractivity contribution is 6.25. The van der Waals surface area contributed by atoms with Crippen LogP contribution in [0.25, 0.3) is 0 Å². The molecule has 1 aromatic rings. The van der Waals surface area contributed by atoms with E-state index in [-0.39, 0.29) is 17.8 Å². The van der Waals surface area contributed by atoms with E-state index < -0.39 is 11.6 Å². The average Bonchev–Trinajstić information content (AvgIpc) is 2.77. The zero-order valence-corrected chi connectivity index (χ0v) is 19.1. The van der Waals surface area contributed by atoms with Gasteiger partial charge in [-0.25, -0.2) is 8.78 Å². The van der Waals surface area contributed by atoms with E-state index in [0.29, 0.717) is 43.5 Å². The maximum absolute atomic E-state index is 14.5. The number of aryl methyl sites for hydroxylation is 1. The summed E-state index contributed by atoms with van der Waals surface area (Å²) in [7, 11) is 0. The molecule has 1 aliphatic heterocycles. The van der Waals surface area contributed by atoms with Gasteiger partial charge in [0, 0.05) is 23.8 Å². The fourth-order valence-electron chi connectivity index (χ4n) is 4.32. The smallest absolute Gasteiger partial charge is 0.157 e. The Morgan fingerprint density at radius 1 is 1.06 bits per heavy atom. The highest BCUT2D eigenvalue weighted by Crippen LogP contribution is 2.29. The highest BCUT2D eigenvalue weighted by Gasteiger charge is 2.22. The Bertz CT molecular complexity index is 759. The lowest BCUT2D eigenvalue weighted by Gasteiger charge is -2.29. The number of benzene rings is 1. The maximum atomic E-state index is 14.5. The lowest BCUT2D eigenvalue weighted by atomic mass is 9.82. The number of hydrogen-bond acceptors (Lipinski definition) is 2. The van der Waals surface area contributed by atoms with Crippen molar-refractivity contribution < 1.29 is 18.3 Å². The van der Waals surface area contributed by atoms with Crippen LogP contribution < -0.4 is 0 Å². The zero-order valence-electron chi connectivity index (χ0n) is 18.3. The monoisotopic (exact) mass is 450 g/mol. The second-order valence-corrected chi connectivity index (χ2v) is 9.03. The van der Waals surface area contributed by atoms with Crippen LogP contribution in [0.1, 0.15) is 69.4 Å². The molecule has 170 valence electrons. The molecule has 31 heavy (non-hydrogen) atoms. The van der Waals surface area contributed by atoms with Crippen LogP contribution in [-0.4, -0.2) is 19.5 Å². The summed E-state index contributed by atoms with van der Waals surface area (Å²) in [6, 6.07) is 2.78. The molecule has 1 aliphatic carbocycles. The molecule has 0 atom stereocenters. The summed E-state index contributed by atoms with van der Waals surface area (Å²) in [4.78, 5) is 0. The van der Waals surface area contributed by atoms with E-state index in [9.17, 15) is 8.78 Å². The molecule has 1 heterocycles. The van der Waals surface area contributed by atoms with E-state index in [0.717, 1.165) is 32.1 Å². The van der Waals surface area contributed by atoms with E-state index in [1.165, 1.54) is 25.0 Å². The highest BCUT2D eigenvalue weighted by atomic mass is 35.5. The Hall–Kier alpha value is -1.41. The minimum absolute atomic E-state index is 0.129. The molecular formula is C26H33ClF2O2. The predicted octanol–water partition coefficient (Wildman–Crippen LogP) is 6.99. The quantitative estimate of drug-likeness (QED) is 0.417. The van der Waals surface area contributed by atoms with Crippen LogP contribution in [0.5, 0.6) is 0 Å². The van der Waals surface area contributed by atoms with Gasteiger partial charge in [0.2, 0.25) is 0 Å². The molecule has 1 saturated heterocycles. The first-order chi connectivity index (χ1) is 15.1. The minimum atomic E-state index is -0.591. The van der Waals surface area contributed by atoms with Gasteiger partial charge in [0.15, 0.2) is 6.29 Å². The van der Waals surface area contributed by atoms with E-state index in [1.807, 2.05) is 6.08 Å². The fourth-order valence-corrected chi connectivity index (χ4v) is 4.52. The molecular weight excluding hydrogens is 418 g/mol. The van der Waals surface area contributed by atoms with Crippen molar-refractivity contribution in [2.75, 3.05) is 13.2 Å². The Morgan fingerprint density at radius 3 is 2.35 bits per heavy atom. The van der Waals surface area contributed by atoms with Gasteiger partial charge < -0.3 is 9.47 Å². The van der Waals surface area contributed by atoms with Gasteiger partial charge in [-0.3, -0.25) is 0 Å². The van der Waals surface area contributed by atoms with Crippen molar-refractivity contribution in [1.82, 2.24) is 0 Å². The molecule has 0 radical (unpaired) electrons. The van der Waals surface area contributed by atoms with E-state index in [1.54, 1.807) is 5.54 Å². The largest absolute Gasteiger partial charge is 0.352 e. The summed E-state index contributed by atoms with van der Waals surface area (Å²) >= 11 is 5.64. The van der Waals surface area contributed by atoms with Crippen molar-refractivity contribution in [2.24, 2.45) is 17.8 Å². The Morgan fingerprint density at radius 2 is 1.74 bits per heavy atom. The number of unbranched alkanes of at least 4 members (excludes halogenated alkanes) is 1. The molecule has 0 unspecified atom stereocenters. The van der Waals surface area contributed by atoms with Crippen LogP contribution >= 0.6 is 11.6 Å². The van der Waals surface area contributed by atoms with Crippen molar-refractivity contribution in [3.63, 3.8) is 0 Å². The summed E-state index contributed by atoms with van der Waals surface area (Å²) in [5.74, 6) is 5.78. The van der Waals surface area contributed by atoms with Crippen LogP contribution in [-0.2, 0) is 15.9 Å². The average molecular weight is 451 g/mol. The van der Waals surface area contributed by atoms with Crippen molar-refractivity contribution in [3.05, 3.63) is 46.5 Å². The molecule has 1 aromatic carbocycles. The van der Waals surface area contributed by atoms with E-state index in [4.69, 9.17) is 21.1 Å². The number of halogens is 3. The van der Waals surface area contributed by atoms with Crippen LogP contribution in [0.3, 0.4) is 0 Å². The first kappa shape index (κ1) is 24.2. The van der Waals surface area contributed by atoms with Gasteiger partial charge >= 0.3 is 0 Å². The van der Waals surface area contributed by atoms with E-state index in [2.05, 4.69) is 18.8 Å². The molecule has 2 aliphatic rings. The first-order valence-electron chi connectivity index (χ1n) is 11.6. The summed E-state index contributed by atoms with van der Waals surface area (Å²) in [6.07, 6.45) is 10.2. The molecule has 0 aromatic heterocycles. The van der Waals surface area contributed by atoms with Gasteiger partial charge in [0.25, 0.3) is 0 Å². The Kier molecular flexibility index (Phi) is 9.84. The third kappa shape index (κ3) is 7.59. The van der Waals surface area contributed by atoms with Gasteiger partial charge in [-0.1, -0.05) is 49.3 Å². The van der Waals surface area contributed by atoms with Gasteiger partial charge in [0.05, 0.1) is 18.8 Å². The van der Waals surface area contributed by atoms with Crippen LogP contribution in [0.2, 0.25) is 0 Å². The van der Waals surface area contributed by atoms with Crippen LogP contribution in [0.15, 0.2) is 23.7 Å². The first-order valence-corrected chi connectivity index (χ1v) is 12.0. The van der Waals surface area contributed by atoms with Crippen molar-refractivity contribution in [3.8, 4) is 11.8 Å². The summed E-state index contributed by atoms with van der Waals surface area (Å²) in [5.41, 5.74) is 2.05. The van der Waals surface area contributed by atoms with Crippen molar-refractivity contribution in [2.45, 2.75) is 71.0 Å². The van der Waals surface area contributed by atoms with Crippen LogP contribution in [0, 0.1) is 41.2 Å². The van der Waals surface area contributed by atoms with Gasteiger partial charge in [0.1, 0.15) is 11.6 Å². The number of allylic oxidation sites excluding steroid dienone is 1. The number of rotatable bonds is 7. The third-order valence-electron chi connectivity index (χ3n) is 6.29. The molecule has 0 spiro atoms. The number of hydrogen-bond donors (Lipinski definition) is 0. The molecule has 5 heteroatoms. The second-order valence-electron chi connectivity index (χ2n) is 8.78. The maximum Gasteiger partial charge on any atom is 0.157 e. The molecule has 0 bridgehead atoms. The standard InChI is InChI=1S/C26H33ClF2O2/c1-2-3-4-22-17-30-26(31-18-22)12-10-21-15-24(28)23(25(29)16-21)11-9-19-5-7-20(8-6-19)13-14-27/h13-16,19-20,22,26H,2-8,10,12,17-18H2,1H3/b14-13+. The Labute approximate surface area is 190 Å². The third-order valence-corrected chi connectivity index (χ3v) is 6.44. The normalized spacial score (nSPS) is 26.6. The van der Waals surface area contributed by atoms with Gasteiger partial charge in [-0.05, 0) is 62.1 Å². The lowest BCUT2D eigenvalue weighted by molar-refractivity contribution is -0.203.